The van der Waals surface area contributed by atoms with E-state index in [-0.39, 0.29) is 6.10 Å². The van der Waals surface area contributed by atoms with Crippen molar-refractivity contribution in [2.24, 2.45) is 0 Å². The quantitative estimate of drug-likeness (QED) is 0.718. The van der Waals surface area contributed by atoms with E-state index >= 15 is 0 Å². The number of ether oxygens (including phenoxy) is 1. The first-order valence-electron chi connectivity index (χ1n) is 4.44. The van der Waals surface area contributed by atoms with Crippen molar-refractivity contribution in [1.29, 1.82) is 0 Å². The van der Waals surface area contributed by atoms with Crippen LogP contribution in [0.3, 0.4) is 0 Å². The Morgan fingerprint density at radius 1 is 1.46 bits per heavy atom. The first-order valence-corrected chi connectivity index (χ1v) is 5.52. The maximum atomic E-state index is 5.82. The molecule has 0 bridgehead atoms. The van der Waals surface area contributed by atoms with Gasteiger partial charge < -0.3 is 4.74 Å². The van der Waals surface area contributed by atoms with Crippen LogP contribution < -0.4 is 4.74 Å². The summed E-state index contributed by atoms with van der Waals surface area (Å²) in [4.78, 5) is 0. The third kappa shape index (κ3) is 1.73. The minimum absolute atomic E-state index is 0.253. The fraction of sp³-hybridized carbons (Fsp3) is 0.273. The molecule has 1 atom stereocenters. The molecule has 68 valence electrons. The van der Waals surface area contributed by atoms with E-state index < -0.39 is 0 Å². The first-order chi connectivity index (χ1) is 6.31. The number of benzene rings is 1. The highest BCUT2D eigenvalue weighted by Gasteiger charge is 2.14. The average Bonchev–Trinajstić information content (AvgIpc) is 2.18. The van der Waals surface area contributed by atoms with E-state index in [1.807, 2.05) is 0 Å². The molecule has 0 saturated carbocycles. The molecular formula is C11H11IO. The molecule has 13 heavy (non-hydrogen) atoms. The zero-order chi connectivity index (χ0) is 9.26. The van der Waals surface area contributed by atoms with Gasteiger partial charge in [0.1, 0.15) is 11.9 Å². The van der Waals surface area contributed by atoms with Gasteiger partial charge in [-0.15, -0.1) is 0 Å². The number of hydrogen-bond acceptors (Lipinski definition) is 1. The van der Waals surface area contributed by atoms with Crippen LogP contribution in [-0.2, 0) is 0 Å². The molecule has 1 aliphatic rings. The summed E-state index contributed by atoms with van der Waals surface area (Å²) in [7, 11) is 0. The fourth-order valence-corrected chi connectivity index (χ4v) is 2.05. The van der Waals surface area contributed by atoms with Gasteiger partial charge in [0, 0.05) is 5.56 Å². The van der Waals surface area contributed by atoms with Gasteiger partial charge in [-0.2, -0.15) is 0 Å². The summed E-state index contributed by atoms with van der Waals surface area (Å²) >= 11 is 2.31. The molecule has 0 N–H and O–H groups in total. The van der Waals surface area contributed by atoms with Crippen LogP contribution >= 0.6 is 22.6 Å². The van der Waals surface area contributed by atoms with Crippen LogP contribution in [0.4, 0.5) is 0 Å². The smallest absolute Gasteiger partial charge is 0.140 e. The Balaban J connectivity index is 2.41. The summed E-state index contributed by atoms with van der Waals surface area (Å²) < 4.78 is 7.01. The van der Waals surface area contributed by atoms with Crippen LogP contribution in [0, 0.1) is 3.57 Å². The number of fused-ring (bicyclic) bond motifs is 1. The molecule has 1 aliphatic heterocycles. The molecule has 0 spiro atoms. The number of para-hydroxylation sites is 1. The van der Waals surface area contributed by atoms with Gasteiger partial charge >= 0.3 is 0 Å². The monoisotopic (exact) mass is 286 g/mol. The van der Waals surface area contributed by atoms with E-state index in [1.165, 1.54) is 9.13 Å². The van der Waals surface area contributed by atoms with Crippen molar-refractivity contribution in [3.8, 4) is 5.75 Å². The Hall–Kier alpha value is -0.510. The van der Waals surface area contributed by atoms with Crippen LogP contribution in [0.25, 0.3) is 6.08 Å². The van der Waals surface area contributed by atoms with E-state index in [9.17, 15) is 0 Å². The maximum absolute atomic E-state index is 5.82. The summed E-state index contributed by atoms with van der Waals surface area (Å²) in [5.41, 5.74) is 1.19. The zero-order valence-electron chi connectivity index (χ0n) is 7.46. The summed E-state index contributed by atoms with van der Waals surface area (Å²) in [6.07, 6.45) is 5.55. The van der Waals surface area contributed by atoms with Crippen molar-refractivity contribution in [2.75, 3.05) is 0 Å². The molecule has 2 heteroatoms. The van der Waals surface area contributed by atoms with E-state index in [0.717, 1.165) is 12.2 Å². The minimum Gasteiger partial charge on any atom is -0.485 e. The Morgan fingerprint density at radius 2 is 2.31 bits per heavy atom. The van der Waals surface area contributed by atoms with Crippen molar-refractivity contribution in [2.45, 2.75) is 19.4 Å². The fourth-order valence-electron chi connectivity index (χ4n) is 1.40. The lowest BCUT2D eigenvalue weighted by Crippen LogP contribution is -2.16. The van der Waals surface area contributed by atoms with Crippen molar-refractivity contribution < 1.29 is 4.74 Å². The third-order valence-electron chi connectivity index (χ3n) is 2.16. The summed E-state index contributed by atoms with van der Waals surface area (Å²) in [6.45, 7) is 2.13. The Morgan fingerprint density at radius 3 is 3.08 bits per heavy atom. The minimum atomic E-state index is 0.253. The Kier molecular flexibility index (Phi) is 2.58. The topological polar surface area (TPSA) is 9.23 Å². The number of halogens is 1. The molecule has 1 nitrogen and oxygen atoms in total. The summed E-state index contributed by atoms with van der Waals surface area (Å²) in [5.74, 6) is 1.04. The van der Waals surface area contributed by atoms with Crippen molar-refractivity contribution in [1.82, 2.24) is 0 Å². The third-order valence-corrected chi connectivity index (χ3v) is 3.01. The SMILES string of the molecule is CCC1C=Cc2cccc(I)c2O1. The van der Waals surface area contributed by atoms with Crippen LogP contribution in [-0.4, -0.2) is 6.10 Å². The van der Waals surface area contributed by atoms with Crippen molar-refractivity contribution >= 4 is 28.7 Å². The van der Waals surface area contributed by atoms with Gasteiger partial charge in [-0.3, -0.25) is 0 Å². The highest BCUT2D eigenvalue weighted by Crippen LogP contribution is 2.31. The lowest BCUT2D eigenvalue weighted by atomic mass is 10.1. The molecule has 1 heterocycles. The van der Waals surface area contributed by atoms with Crippen molar-refractivity contribution in [3.05, 3.63) is 33.4 Å². The Bertz CT molecular complexity index is 344. The van der Waals surface area contributed by atoms with Crippen LogP contribution in [0.5, 0.6) is 5.75 Å². The molecule has 0 fully saturated rings. The molecule has 0 amide bonds. The van der Waals surface area contributed by atoms with Crippen LogP contribution in [0.15, 0.2) is 24.3 Å². The van der Waals surface area contributed by atoms with Gasteiger partial charge in [-0.1, -0.05) is 25.1 Å². The highest BCUT2D eigenvalue weighted by molar-refractivity contribution is 14.1. The normalized spacial score (nSPS) is 19.4. The van der Waals surface area contributed by atoms with Gasteiger partial charge in [0.2, 0.25) is 0 Å². The molecule has 2 rings (SSSR count). The molecule has 1 aromatic rings. The van der Waals surface area contributed by atoms with Crippen LogP contribution in [0.1, 0.15) is 18.9 Å². The molecule has 0 aromatic heterocycles. The van der Waals surface area contributed by atoms with E-state index in [1.54, 1.807) is 0 Å². The predicted octanol–water partition coefficient (Wildman–Crippen LogP) is 3.48. The molecule has 0 aliphatic carbocycles. The zero-order valence-corrected chi connectivity index (χ0v) is 9.61. The summed E-state index contributed by atoms with van der Waals surface area (Å²) in [6, 6.07) is 6.21. The first kappa shape index (κ1) is 9.06. The van der Waals surface area contributed by atoms with Gasteiger partial charge in [0.15, 0.2) is 0 Å². The second-order valence-electron chi connectivity index (χ2n) is 3.08. The van der Waals surface area contributed by atoms with E-state index in [2.05, 4.69) is 59.9 Å². The number of hydrogen-bond donors (Lipinski definition) is 0. The number of rotatable bonds is 1. The maximum Gasteiger partial charge on any atom is 0.140 e. The average molecular weight is 286 g/mol. The molecule has 1 aromatic carbocycles. The van der Waals surface area contributed by atoms with Gasteiger partial charge in [0.25, 0.3) is 0 Å². The van der Waals surface area contributed by atoms with Crippen molar-refractivity contribution in [3.63, 3.8) is 0 Å². The second kappa shape index (κ2) is 3.70. The van der Waals surface area contributed by atoms with Crippen LogP contribution in [0.2, 0.25) is 0 Å². The second-order valence-corrected chi connectivity index (χ2v) is 4.24. The highest BCUT2D eigenvalue weighted by atomic mass is 127. The molecule has 0 radical (unpaired) electrons. The molecular weight excluding hydrogens is 275 g/mol. The van der Waals surface area contributed by atoms with E-state index in [4.69, 9.17) is 4.74 Å². The Labute approximate surface area is 91.9 Å². The lowest BCUT2D eigenvalue weighted by molar-refractivity contribution is 0.240. The van der Waals surface area contributed by atoms with Gasteiger partial charge in [-0.05, 0) is 41.2 Å². The predicted molar refractivity (Wildman–Crippen MR) is 62.9 cm³/mol. The molecule has 0 saturated heterocycles. The van der Waals surface area contributed by atoms with Gasteiger partial charge in [0.05, 0.1) is 3.57 Å². The standard InChI is InChI=1S/C11H11IO/c1-2-9-7-6-8-4-3-5-10(12)11(8)13-9/h3-7,9H,2H2,1H3. The summed E-state index contributed by atoms with van der Waals surface area (Å²) in [5, 5.41) is 0. The van der Waals surface area contributed by atoms with E-state index in [0.29, 0.717) is 0 Å². The lowest BCUT2D eigenvalue weighted by Gasteiger charge is -2.21. The largest absolute Gasteiger partial charge is 0.485 e. The van der Waals surface area contributed by atoms with Gasteiger partial charge in [-0.25, -0.2) is 0 Å². The molecule has 1 unspecified atom stereocenters.